The zero-order valence-electron chi connectivity index (χ0n) is 9.09. The lowest BCUT2D eigenvalue weighted by molar-refractivity contribution is -0.141. The molecule has 1 unspecified atom stereocenters. The van der Waals surface area contributed by atoms with Crippen LogP contribution in [-0.2, 0) is 4.79 Å². The Morgan fingerprint density at radius 1 is 1.53 bits per heavy atom. The van der Waals surface area contributed by atoms with Gasteiger partial charge in [0.25, 0.3) is 5.54 Å². The zero-order chi connectivity index (χ0) is 12.9. The Balaban J connectivity index is 2.99. The van der Waals surface area contributed by atoms with Crippen LogP contribution in [0.25, 0.3) is 0 Å². The van der Waals surface area contributed by atoms with Crippen LogP contribution in [0.15, 0.2) is 34.5 Å². The van der Waals surface area contributed by atoms with Crippen LogP contribution < -0.4 is 0 Å². The van der Waals surface area contributed by atoms with E-state index in [0.29, 0.717) is 10.7 Å². The third-order valence-electron chi connectivity index (χ3n) is 2.21. The molecule has 0 amide bonds. The van der Waals surface area contributed by atoms with Crippen LogP contribution in [0.4, 0.5) is 5.69 Å². The van der Waals surface area contributed by atoms with Crippen molar-refractivity contribution in [2.45, 2.75) is 18.9 Å². The molecule has 0 radical (unpaired) electrons. The lowest BCUT2D eigenvalue weighted by Crippen LogP contribution is -2.33. The number of rotatable bonds is 4. The van der Waals surface area contributed by atoms with Gasteiger partial charge in [0.05, 0.1) is 5.69 Å². The molecule has 0 aliphatic rings. The summed E-state index contributed by atoms with van der Waals surface area (Å²) in [6, 6.07) is 8.05. The maximum Gasteiger partial charge on any atom is 0.348 e. The molecule has 0 saturated carbocycles. The number of halogens is 1. The summed E-state index contributed by atoms with van der Waals surface area (Å²) < 4.78 is 0. The van der Waals surface area contributed by atoms with Crippen LogP contribution >= 0.6 is 11.6 Å². The number of nitriles is 1. The molecule has 88 valence electrons. The maximum absolute atomic E-state index is 11.0. The fraction of sp³-hybridized carbons (Fsp3) is 0.273. The molecule has 1 aromatic carbocycles. The molecule has 1 aromatic rings. The number of hydrogen-bond acceptors (Lipinski definition) is 4. The smallest absolute Gasteiger partial charge is 0.348 e. The fourth-order valence-electron chi connectivity index (χ4n) is 1.06. The molecule has 5 nitrogen and oxygen atoms in total. The minimum absolute atomic E-state index is 0.0515. The highest BCUT2D eigenvalue weighted by molar-refractivity contribution is 6.30. The highest BCUT2D eigenvalue weighted by Gasteiger charge is 2.37. The molecule has 0 aromatic heterocycles. The van der Waals surface area contributed by atoms with Crippen molar-refractivity contribution in [3.05, 3.63) is 29.3 Å². The maximum atomic E-state index is 11.0. The van der Waals surface area contributed by atoms with Crippen molar-refractivity contribution in [1.82, 2.24) is 0 Å². The van der Waals surface area contributed by atoms with Crippen molar-refractivity contribution >= 4 is 23.3 Å². The van der Waals surface area contributed by atoms with Gasteiger partial charge >= 0.3 is 5.97 Å². The number of carboxylic acids is 1. The minimum Gasteiger partial charge on any atom is -0.479 e. The minimum atomic E-state index is -1.82. The average molecular weight is 252 g/mol. The first-order chi connectivity index (χ1) is 8.04. The zero-order valence-corrected chi connectivity index (χ0v) is 9.85. The average Bonchev–Trinajstić information content (AvgIpc) is 2.33. The van der Waals surface area contributed by atoms with Gasteiger partial charge in [-0.2, -0.15) is 15.5 Å². The molecule has 1 atom stereocenters. The van der Waals surface area contributed by atoms with Crippen molar-refractivity contribution < 1.29 is 9.90 Å². The first-order valence-corrected chi connectivity index (χ1v) is 5.25. The molecule has 0 saturated heterocycles. The molecule has 0 aliphatic carbocycles. The van der Waals surface area contributed by atoms with Crippen LogP contribution in [0.3, 0.4) is 0 Å². The second kappa shape index (κ2) is 5.41. The molecule has 0 aliphatic heterocycles. The van der Waals surface area contributed by atoms with Gasteiger partial charge in [-0.25, -0.2) is 4.79 Å². The highest BCUT2D eigenvalue weighted by atomic mass is 35.5. The summed E-state index contributed by atoms with van der Waals surface area (Å²) in [6.07, 6.45) is 0.0515. The summed E-state index contributed by atoms with van der Waals surface area (Å²) in [6.45, 7) is 1.57. The number of hydrogen-bond donors (Lipinski definition) is 1. The molecule has 0 fully saturated rings. The van der Waals surface area contributed by atoms with E-state index < -0.39 is 11.5 Å². The predicted octanol–water partition coefficient (Wildman–Crippen LogP) is 3.18. The Morgan fingerprint density at radius 3 is 2.53 bits per heavy atom. The molecule has 17 heavy (non-hydrogen) atoms. The Labute approximate surface area is 103 Å². The Bertz CT molecular complexity index is 478. The second-order valence-electron chi connectivity index (χ2n) is 3.31. The lowest BCUT2D eigenvalue weighted by atomic mass is 10.0. The summed E-state index contributed by atoms with van der Waals surface area (Å²) in [7, 11) is 0. The third-order valence-corrected chi connectivity index (χ3v) is 2.47. The van der Waals surface area contributed by atoms with Crippen molar-refractivity contribution in [2.75, 3.05) is 0 Å². The van der Waals surface area contributed by atoms with Crippen LogP contribution in [0.2, 0.25) is 5.02 Å². The van der Waals surface area contributed by atoms with E-state index in [-0.39, 0.29) is 6.42 Å². The van der Waals surface area contributed by atoms with Crippen LogP contribution in [0, 0.1) is 11.3 Å². The number of azo groups is 1. The molecule has 1 N–H and O–H groups in total. The SMILES string of the molecule is CCC(C#N)(/N=N/c1ccc(Cl)cc1)C(=O)O. The quantitative estimate of drug-likeness (QED) is 0.834. The van der Waals surface area contributed by atoms with E-state index >= 15 is 0 Å². The molecular weight excluding hydrogens is 242 g/mol. The molecule has 0 bridgehead atoms. The largest absolute Gasteiger partial charge is 0.479 e. The first-order valence-electron chi connectivity index (χ1n) is 4.87. The number of benzene rings is 1. The van der Waals surface area contributed by atoms with Gasteiger partial charge < -0.3 is 5.11 Å². The molecule has 0 spiro atoms. The van der Waals surface area contributed by atoms with Crippen LogP contribution in [0.1, 0.15) is 13.3 Å². The molecule has 0 heterocycles. The van der Waals surface area contributed by atoms with Gasteiger partial charge in [0.1, 0.15) is 6.07 Å². The van der Waals surface area contributed by atoms with Crippen molar-refractivity contribution in [1.29, 1.82) is 5.26 Å². The normalized spacial score (nSPS) is 14.2. The van der Waals surface area contributed by atoms with Crippen LogP contribution in [-0.4, -0.2) is 16.6 Å². The molecular formula is C11H10ClN3O2. The molecule has 6 heteroatoms. The monoisotopic (exact) mass is 251 g/mol. The van der Waals surface area contributed by atoms with E-state index in [1.165, 1.54) is 0 Å². The van der Waals surface area contributed by atoms with Gasteiger partial charge in [-0.3, -0.25) is 0 Å². The van der Waals surface area contributed by atoms with Gasteiger partial charge in [-0.1, -0.05) is 18.5 Å². The van der Waals surface area contributed by atoms with Gasteiger partial charge in [-0.15, -0.1) is 0 Å². The van der Waals surface area contributed by atoms with E-state index in [2.05, 4.69) is 10.2 Å². The van der Waals surface area contributed by atoms with E-state index in [0.717, 1.165) is 0 Å². The Hall–Kier alpha value is -1.93. The summed E-state index contributed by atoms with van der Waals surface area (Å²) in [5.41, 5.74) is -1.37. The predicted molar refractivity (Wildman–Crippen MR) is 62.2 cm³/mol. The van der Waals surface area contributed by atoms with E-state index in [1.54, 1.807) is 37.3 Å². The number of carbonyl (C=O) groups is 1. The summed E-state index contributed by atoms with van der Waals surface area (Å²) in [4.78, 5) is 11.0. The fourth-order valence-corrected chi connectivity index (χ4v) is 1.19. The lowest BCUT2D eigenvalue weighted by Gasteiger charge is -2.11. The standard InChI is InChI=1S/C11H10ClN3O2/c1-2-11(7-13,10(16)17)15-14-9-5-3-8(12)4-6-9/h3-6H,2H2,1H3,(H,16,17)/b15-14+. The van der Waals surface area contributed by atoms with Gasteiger partial charge in [0, 0.05) is 5.02 Å². The van der Waals surface area contributed by atoms with Crippen molar-refractivity contribution in [3.8, 4) is 6.07 Å². The van der Waals surface area contributed by atoms with E-state index in [4.69, 9.17) is 22.0 Å². The van der Waals surface area contributed by atoms with Gasteiger partial charge in [0.2, 0.25) is 0 Å². The van der Waals surface area contributed by atoms with Gasteiger partial charge in [-0.05, 0) is 30.7 Å². The number of carboxylic acid groups (broad SMARTS) is 1. The highest BCUT2D eigenvalue weighted by Crippen LogP contribution is 2.21. The van der Waals surface area contributed by atoms with Crippen molar-refractivity contribution in [2.24, 2.45) is 10.2 Å². The van der Waals surface area contributed by atoms with Crippen LogP contribution in [0.5, 0.6) is 0 Å². The van der Waals surface area contributed by atoms with Crippen molar-refractivity contribution in [3.63, 3.8) is 0 Å². The Kier molecular flexibility index (Phi) is 4.18. The van der Waals surface area contributed by atoms with E-state index in [9.17, 15) is 4.79 Å². The first kappa shape index (κ1) is 13.1. The summed E-state index contributed by atoms with van der Waals surface area (Å²) in [5, 5.41) is 25.7. The topological polar surface area (TPSA) is 85.8 Å². The number of nitrogens with zero attached hydrogens (tertiary/aromatic N) is 3. The number of aliphatic carboxylic acids is 1. The third kappa shape index (κ3) is 3.02. The van der Waals surface area contributed by atoms with E-state index in [1.807, 2.05) is 0 Å². The summed E-state index contributed by atoms with van der Waals surface area (Å²) >= 11 is 5.69. The second-order valence-corrected chi connectivity index (χ2v) is 3.74. The summed E-state index contributed by atoms with van der Waals surface area (Å²) in [5.74, 6) is -1.31. The molecule has 1 rings (SSSR count). The Morgan fingerprint density at radius 2 is 2.12 bits per heavy atom. The van der Waals surface area contributed by atoms with Gasteiger partial charge in [0.15, 0.2) is 0 Å².